The monoisotopic (exact) mass is 306 g/mol. The zero-order chi connectivity index (χ0) is 15.2. The standard InChI is InChI=1S/C15H18N2O3S/c1-21-7-6-13(15(19)20)17-14(18)8-10-9-16-12-5-3-2-4-11(10)12/h2-5,9,13,16H,6-8H2,1H3,(H,17,18)(H,19,20)/t13-/m0/s1. The quantitative estimate of drug-likeness (QED) is 0.731. The largest absolute Gasteiger partial charge is 0.480 e. The van der Waals surface area contributed by atoms with Gasteiger partial charge < -0.3 is 15.4 Å². The van der Waals surface area contributed by atoms with Crippen molar-refractivity contribution in [2.45, 2.75) is 18.9 Å². The van der Waals surface area contributed by atoms with Gasteiger partial charge in [-0.2, -0.15) is 11.8 Å². The second kappa shape index (κ2) is 7.17. The number of nitrogens with one attached hydrogen (secondary N) is 2. The molecule has 0 spiro atoms. The molecule has 1 aromatic heterocycles. The Morgan fingerprint density at radius 2 is 2.14 bits per heavy atom. The normalized spacial score (nSPS) is 12.2. The van der Waals surface area contributed by atoms with Gasteiger partial charge in [0.25, 0.3) is 0 Å². The van der Waals surface area contributed by atoms with Crippen molar-refractivity contribution in [3.05, 3.63) is 36.0 Å². The molecule has 1 atom stereocenters. The molecule has 6 heteroatoms. The first-order chi connectivity index (χ1) is 10.1. The predicted octanol–water partition coefficient (Wildman–Crippen LogP) is 2.03. The number of H-pyrrole nitrogens is 1. The number of benzene rings is 1. The first-order valence-corrected chi connectivity index (χ1v) is 8.07. The Morgan fingerprint density at radius 1 is 1.38 bits per heavy atom. The Bertz CT molecular complexity index is 639. The van der Waals surface area contributed by atoms with Gasteiger partial charge in [-0.05, 0) is 30.1 Å². The number of hydrogen-bond donors (Lipinski definition) is 3. The highest BCUT2D eigenvalue weighted by molar-refractivity contribution is 7.98. The molecule has 112 valence electrons. The van der Waals surface area contributed by atoms with Crippen molar-refractivity contribution < 1.29 is 14.7 Å². The number of carbonyl (C=O) groups is 2. The number of fused-ring (bicyclic) bond motifs is 1. The zero-order valence-corrected chi connectivity index (χ0v) is 12.6. The van der Waals surface area contributed by atoms with Gasteiger partial charge in [0.05, 0.1) is 6.42 Å². The van der Waals surface area contributed by atoms with Crippen LogP contribution in [0.5, 0.6) is 0 Å². The number of thioether (sulfide) groups is 1. The van der Waals surface area contributed by atoms with Gasteiger partial charge in [0.2, 0.25) is 5.91 Å². The number of carbonyl (C=O) groups excluding carboxylic acids is 1. The second-order valence-electron chi connectivity index (χ2n) is 4.78. The van der Waals surface area contributed by atoms with Gasteiger partial charge in [-0.25, -0.2) is 4.79 Å². The maximum atomic E-state index is 12.0. The van der Waals surface area contributed by atoms with Crippen molar-refractivity contribution in [1.29, 1.82) is 0 Å². The van der Waals surface area contributed by atoms with E-state index in [1.165, 1.54) is 0 Å². The number of carboxylic acid groups (broad SMARTS) is 1. The minimum Gasteiger partial charge on any atom is -0.480 e. The molecule has 0 unspecified atom stereocenters. The molecule has 1 heterocycles. The molecule has 21 heavy (non-hydrogen) atoms. The third kappa shape index (κ3) is 4.01. The zero-order valence-electron chi connectivity index (χ0n) is 11.8. The SMILES string of the molecule is CSCC[C@H](NC(=O)Cc1c[nH]c2ccccc12)C(=O)O. The lowest BCUT2D eigenvalue weighted by molar-refractivity contribution is -0.141. The lowest BCUT2D eigenvalue weighted by Gasteiger charge is -2.13. The van der Waals surface area contributed by atoms with E-state index in [0.29, 0.717) is 12.2 Å². The Labute approximate surface area is 127 Å². The van der Waals surface area contributed by atoms with Gasteiger partial charge >= 0.3 is 5.97 Å². The molecule has 2 rings (SSSR count). The van der Waals surface area contributed by atoms with Crippen LogP contribution < -0.4 is 5.32 Å². The van der Waals surface area contributed by atoms with Crippen molar-refractivity contribution in [3.8, 4) is 0 Å². The first-order valence-electron chi connectivity index (χ1n) is 6.68. The summed E-state index contributed by atoms with van der Waals surface area (Å²) in [6, 6.07) is 6.89. The molecule has 0 aliphatic heterocycles. The summed E-state index contributed by atoms with van der Waals surface area (Å²) in [5.74, 6) is -0.561. The van der Waals surface area contributed by atoms with E-state index in [2.05, 4.69) is 10.3 Å². The topological polar surface area (TPSA) is 82.2 Å². The lowest BCUT2D eigenvalue weighted by atomic mass is 10.1. The molecule has 0 aliphatic carbocycles. The molecule has 0 aliphatic rings. The molecule has 1 aromatic carbocycles. The van der Waals surface area contributed by atoms with E-state index in [1.54, 1.807) is 18.0 Å². The first kappa shape index (κ1) is 15.4. The van der Waals surface area contributed by atoms with E-state index >= 15 is 0 Å². The summed E-state index contributed by atoms with van der Waals surface area (Å²) in [4.78, 5) is 26.3. The Balaban J connectivity index is 2.02. The minimum atomic E-state index is -0.990. The summed E-state index contributed by atoms with van der Waals surface area (Å²) in [5, 5.41) is 12.7. The molecule has 5 nitrogen and oxygen atoms in total. The fourth-order valence-electron chi connectivity index (χ4n) is 2.19. The number of aromatic nitrogens is 1. The minimum absolute atomic E-state index is 0.174. The molecule has 3 N–H and O–H groups in total. The maximum Gasteiger partial charge on any atom is 0.326 e. The van der Waals surface area contributed by atoms with Crippen LogP contribution in [0.2, 0.25) is 0 Å². The summed E-state index contributed by atoms with van der Waals surface area (Å²) in [5.41, 5.74) is 1.84. The number of hydrogen-bond acceptors (Lipinski definition) is 3. The fraction of sp³-hybridized carbons (Fsp3) is 0.333. The highest BCUT2D eigenvalue weighted by Gasteiger charge is 2.19. The van der Waals surface area contributed by atoms with Crippen molar-refractivity contribution in [2.24, 2.45) is 0 Å². The second-order valence-corrected chi connectivity index (χ2v) is 5.76. The van der Waals surface area contributed by atoms with Crippen LogP contribution in [0.15, 0.2) is 30.5 Å². The van der Waals surface area contributed by atoms with E-state index < -0.39 is 12.0 Å². The van der Waals surface area contributed by atoms with E-state index in [1.807, 2.05) is 30.5 Å². The van der Waals surface area contributed by atoms with Crippen LogP contribution in [0.25, 0.3) is 10.9 Å². The lowest BCUT2D eigenvalue weighted by Crippen LogP contribution is -2.41. The van der Waals surface area contributed by atoms with Gasteiger partial charge in [0.1, 0.15) is 6.04 Å². The molecule has 0 saturated heterocycles. The van der Waals surface area contributed by atoms with Crippen LogP contribution in [0.4, 0.5) is 0 Å². The predicted molar refractivity (Wildman–Crippen MR) is 84.6 cm³/mol. The molecule has 0 fully saturated rings. The third-order valence-corrected chi connectivity index (χ3v) is 3.91. The smallest absolute Gasteiger partial charge is 0.326 e. The Kier molecular flexibility index (Phi) is 5.27. The van der Waals surface area contributed by atoms with Gasteiger partial charge in [-0.1, -0.05) is 18.2 Å². The van der Waals surface area contributed by atoms with Gasteiger partial charge in [-0.3, -0.25) is 4.79 Å². The molecule has 2 aromatic rings. The highest BCUT2D eigenvalue weighted by Crippen LogP contribution is 2.18. The van der Waals surface area contributed by atoms with Gasteiger partial charge in [0.15, 0.2) is 0 Å². The van der Waals surface area contributed by atoms with Crippen LogP contribution in [0, 0.1) is 0 Å². The Hall–Kier alpha value is -1.95. The van der Waals surface area contributed by atoms with Crippen LogP contribution >= 0.6 is 11.8 Å². The molecular weight excluding hydrogens is 288 g/mol. The molecule has 0 saturated carbocycles. The van der Waals surface area contributed by atoms with Crippen molar-refractivity contribution in [2.75, 3.05) is 12.0 Å². The average molecular weight is 306 g/mol. The number of aliphatic carboxylic acids is 1. The van der Waals surface area contributed by atoms with Crippen LogP contribution in [0.1, 0.15) is 12.0 Å². The third-order valence-electron chi connectivity index (χ3n) is 3.27. The molecule has 0 radical (unpaired) electrons. The van der Waals surface area contributed by atoms with Gasteiger partial charge in [0, 0.05) is 17.1 Å². The number of aromatic amines is 1. The molecular formula is C15H18N2O3S. The van der Waals surface area contributed by atoms with E-state index in [0.717, 1.165) is 16.5 Å². The van der Waals surface area contributed by atoms with E-state index in [9.17, 15) is 9.59 Å². The van der Waals surface area contributed by atoms with E-state index in [-0.39, 0.29) is 12.3 Å². The number of para-hydroxylation sites is 1. The summed E-state index contributed by atoms with van der Waals surface area (Å²) >= 11 is 1.56. The van der Waals surface area contributed by atoms with Crippen molar-refractivity contribution in [1.82, 2.24) is 10.3 Å². The number of amides is 1. The van der Waals surface area contributed by atoms with Crippen LogP contribution in [0.3, 0.4) is 0 Å². The van der Waals surface area contributed by atoms with Crippen LogP contribution in [-0.4, -0.2) is 40.0 Å². The molecule has 1 amide bonds. The summed E-state index contributed by atoms with van der Waals surface area (Å²) in [7, 11) is 0. The summed E-state index contributed by atoms with van der Waals surface area (Å²) in [6.07, 6.45) is 4.30. The summed E-state index contributed by atoms with van der Waals surface area (Å²) < 4.78 is 0. The highest BCUT2D eigenvalue weighted by atomic mass is 32.2. The molecule has 0 bridgehead atoms. The average Bonchev–Trinajstić information content (AvgIpc) is 2.86. The van der Waals surface area contributed by atoms with Crippen molar-refractivity contribution >= 4 is 34.5 Å². The van der Waals surface area contributed by atoms with Crippen molar-refractivity contribution in [3.63, 3.8) is 0 Å². The van der Waals surface area contributed by atoms with E-state index in [4.69, 9.17) is 5.11 Å². The Morgan fingerprint density at radius 3 is 2.86 bits per heavy atom. The van der Waals surface area contributed by atoms with Gasteiger partial charge in [-0.15, -0.1) is 0 Å². The number of rotatable bonds is 7. The van der Waals surface area contributed by atoms with Crippen LogP contribution in [-0.2, 0) is 16.0 Å². The number of carboxylic acids is 1. The summed E-state index contributed by atoms with van der Waals surface area (Å²) in [6.45, 7) is 0. The fourth-order valence-corrected chi connectivity index (χ4v) is 2.66. The maximum absolute atomic E-state index is 12.0.